The number of hydrogen-bond donors (Lipinski definition) is 0. The molecule has 69 heavy (non-hydrogen) atoms. The number of allylic oxidation sites excluding steroid dienone is 4. The lowest BCUT2D eigenvalue weighted by Gasteiger charge is -2.18. The fraction of sp³-hybridized carbons (Fsp3) is 0.889. The Labute approximate surface area is 430 Å². The van der Waals surface area contributed by atoms with E-state index in [1.54, 1.807) is 0 Å². The minimum absolute atomic E-state index is 0.0690. The molecular formula is C63H118O6. The number of ether oxygens (including phenoxy) is 3. The third kappa shape index (κ3) is 56.7. The van der Waals surface area contributed by atoms with Gasteiger partial charge in [-0.05, 0) is 70.6 Å². The van der Waals surface area contributed by atoms with Crippen molar-refractivity contribution in [2.45, 2.75) is 348 Å². The first kappa shape index (κ1) is 66.9. The third-order valence-corrected chi connectivity index (χ3v) is 13.9. The van der Waals surface area contributed by atoms with Gasteiger partial charge in [0.05, 0.1) is 0 Å². The predicted molar refractivity (Wildman–Crippen MR) is 298 cm³/mol. The molecule has 0 spiro atoms. The van der Waals surface area contributed by atoms with Gasteiger partial charge < -0.3 is 14.2 Å². The van der Waals surface area contributed by atoms with Gasteiger partial charge in [-0.3, -0.25) is 14.4 Å². The highest BCUT2D eigenvalue weighted by molar-refractivity contribution is 5.71. The number of carbonyl (C=O) groups excluding carboxylic acids is 3. The lowest BCUT2D eigenvalue weighted by Crippen LogP contribution is -2.30. The standard InChI is InChI=1S/C63H118O6/c1-4-7-10-13-16-19-22-25-27-29-31-32-33-35-36-38-41-44-47-50-53-56-62(65)68-59-60(58-67-61(64)55-52-49-46-43-40-24-21-18-15-12-9-6-3)69-63(66)57-54-51-48-45-42-39-37-34-30-28-26-23-20-17-14-11-8-5-2/h28-31,60H,4-27,32-59H2,1-3H3/b30-28-,31-29-. The zero-order valence-corrected chi connectivity index (χ0v) is 46.6. The Kier molecular flexibility index (Phi) is 56.7. The largest absolute Gasteiger partial charge is 0.462 e. The van der Waals surface area contributed by atoms with Crippen molar-refractivity contribution >= 4 is 17.9 Å². The molecule has 0 aliphatic carbocycles. The predicted octanol–water partition coefficient (Wildman–Crippen LogP) is 20.7. The lowest BCUT2D eigenvalue weighted by atomic mass is 10.0. The number of carbonyl (C=O) groups is 3. The first-order valence-electron chi connectivity index (χ1n) is 30.8. The summed E-state index contributed by atoms with van der Waals surface area (Å²) in [5.74, 6) is -0.853. The van der Waals surface area contributed by atoms with E-state index in [2.05, 4.69) is 45.1 Å². The van der Waals surface area contributed by atoms with Gasteiger partial charge in [0.15, 0.2) is 6.10 Å². The Bertz CT molecular complexity index is 1110. The highest BCUT2D eigenvalue weighted by Crippen LogP contribution is 2.17. The van der Waals surface area contributed by atoms with Gasteiger partial charge in [-0.1, -0.05) is 276 Å². The highest BCUT2D eigenvalue weighted by atomic mass is 16.6. The maximum absolute atomic E-state index is 12.9. The molecule has 406 valence electrons. The summed E-state index contributed by atoms with van der Waals surface area (Å²) in [6.45, 7) is 6.68. The fourth-order valence-electron chi connectivity index (χ4n) is 9.26. The van der Waals surface area contributed by atoms with Crippen molar-refractivity contribution in [1.29, 1.82) is 0 Å². The normalized spacial score (nSPS) is 12.1. The maximum atomic E-state index is 12.9. The molecule has 0 saturated heterocycles. The van der Waals surface area contributed by atoms with Gasteiger partial charge in [0.25, 0.3) is 0 Å². The van der Waals surface area contributed by atoms with Crippen molar-refractivity contribution in [2.75, 3.05) is 13.2 Å². The molecule has 0 radical (unpaired) electrons. The van der Waals surface area contributed by atoms with E-state index in [-0.39, 0.29) is 31.1 Å². The Morgan fingerprint density at radius 3 is 0.725 bits per heavy atom. The summed E-state index contributed by atoms with van der Waals surface area (Å²) in [5.41, 5.74) is 0. The van der Waals surface area contributed by atoms with Crippen LogP contribution in [0.4, 0.5) is 0 Å². The molecule has 6 heteroatoms. The fourth-order valence-corrected chi connectivity index (χ4v) is 9.26. The quantitative estimate of drug-likeness (QED) is 0.0261. The van der Waals surface area contributed by atoms with Crippen LogP contribution >= 0.6 is 0 Å². The average Bonchev–Trinajstić information content (AvgIpc) is 3.35. The maximum Gasteiger partial charge on any atom is 0.306 e. The molecular weight excluding hydrogens is 853 g/mol. The molecule has 0 fully saturated rings. The molecule has 0 aliphatic heterocycles. The second-order valence-corrected chi connectivity index (χ2v) is 21.0. The first-order valence-corrected chi connectivity index (χ1v) is 30.8. The van der Waals surface area contributed by atoms with Crippen LogP contribution in [0, 0.1) is 0 Å². The summed E-state index contributed by atoms with van der Waals surface area (Å²) >= 11 is 0. The highest BCUT2D eigenvalue weighted by Gasteiger charge is 2.19. The zero-order chi connectivity index (χ0) is 50.0. The van der Waals surface area contributed by atoms with E-state index < -0.39 is 6.10 Å². The molecule has 0 rings (SSSR count). The van der Waals surface area contributed by atoms with E-state index in [1.165, 1.54) is 244 Å². The van der Waals surface area contributed by atoms with Crippen molar-refractivity contribution < 1.29 is 28.6 Å². The molecule has 0 heterocycles. The molecule has 0 saturated carbocycles. The second-order valence-electron chi connectivity index (χ2n) is 21.0. The second kappa shape index (κ2) is 58.5. The summed E-state index contributed by atoms with van der Waals surface area (Å²) < 4.78 is 16.9. The number of unbranched alkanes of at least 4 members (excludes halogenated alkanes) is 42. The van der Waals surface area contributed by atoms with E-state index in [0.717, 1.165) is 57.8 Å². The molecule has 0 N–H and O–H groups in total. The van der Waals surface area contributed by atoms with Crippen LogP contribution in [0.1, 0.15) is 342 Å². The Morgan fingerprint density at radius 2 is 0.478 bits per heavy atom. The van der Waals surface area contributed by atoms with E-state index in [9.17, 15) is 14.4 Å². The van der Waals surface area contributed by atoms with Crippen LogP contribution < -0.4 is 0 Å². The summed E-state index contributed by atoms with van der Waals surface area (Å²) in [4.78, 5) is 38.2. The van der Waals surface area contributed by atoms with Gasteiger partial charge >= 0.3 is 17.9 Å². The lowest BCUT2D eigenvalue weighted by molar-refractivity contribution is -0.167. The van der Waals surface area contributed by atoms with Crippen molar-refractivity contribution in [3.8, 4) is 0 Å². The van der Waals surface area contributed by atoms with Crippen LogP contribution in [0.3, 0.4) is 0 Å². The Hall–Kier alpha value is -2.11. The smallest absolute Gasteiger partial charge is 0.306 e. The van der Waals surface area contributed by atoms with Crippen molar-refractivity contribution in [1.82, 2.24) is 0 Å². The number of esters is 3. The van der Waals surface area contributed by atoms with Crippen LogP contribution in [0.15, 0.2) is 24.3 Å². The molecule has 1 atom stereocenters. The van der Waals surface area contributed by atoms with E-state index in [4.69, 9.17) is 14.2 Å². The summed E-state index contributed by atoms with van der Waals surface area (Å²) in [7, 11) is 0. The minimum atomic E-state index is -0.771. The first-order chi connectivity index (χ1) is 34.0. The van der Waals surface area contributed by atoms with Crippen LogP contribution in [-0.2, 0) is 28.6 Å². The monoisotopic (exact) mass is 971 g/mol. The molecule has 0 aromatic carbocycles. The van der Waals surface area contributed by atoms with Gasteiger partial charge in [-0.15, -0.1) is 0 Å². The molecule has 0 aliphatic rings. The zero-order valence-electron chi connectivity index (χ0n) is 46.6. The molecule has 0 amide bonds. The third-order valence-electron chi connectivity index (χ3n) is 13.9. The molecule has 6 nitrogen and oxygen atoms in total. The van der Waals surface area contributed by atoms with E-state index >= 15 is 0 Å². The van der Waals surface area contributed by atoms with Crippen molar-refractivity contribution in [3.63, 3.8) is 0 Å². The summed E-state index contributed by atoms with van der Waals surface area (Å²) in [6.07, 6.45) is 68.9. The van der Waals surface area contributed by atoms with Gasteiger partial charge in [0.1, 0.15) is 13.2 Å². The minimum Gasteiger partial charge on any atom is -0.462 e. The Morgan fingerprint density at radius 1 is 0.275 bits per heavy atom. The SMILES string of the molecule is CCCCCCCCC/C=C\CCCCCCCCCC(=O)OC(COC(=O)CCCCCCCCCCC/C=C\CCCCCCCCCC)COC(=O)CCCCCCCCCCCCCC. The topological polar surface area (TPSA) is 78.9 Å². The summed E-state index contributed by atoms with van der Waals surface area (Å²) in [6, 6.07) is 0. The average molecular weight is 972 g/mol. The van der Waals surface area contributed by atoms with E-state index in [1.807, 2.05) is 0 Å². The number of hydrogen-bond acceptors (Lipinski definition) is 6. The van der Waals surface area contributed by atoms with Crippen molar-refractivity contribution in [3.05, 3.63) is 24.3 Å². The van der Waals surface area contributed by atoms with Crippen LogP contribution in [0.25, 0.3) is 0 Å². The molecule has 0 bridgehead atoms. The molecule has 0 aromatic rings. The molecule has 1 unspecified atom stereocenters. The van der Waals surface area contributed by atoms with Gasteiger partial charge in [0, 0.05) is 19.3 Å². The number of rotatable bonds is 57. The van der Waals surface area contributed by atoms with Gasteiger partial charge in [-0.2, -0.15) is 0 Å². The molecule has 0 aromatic heterocycles. The van der Waals surface area contributed by atoms with Crippen molar-refractivity contribution in [2.24, 2.45) is 0 Å². The summed E-state index contributed by atoms with van der Waals surface area (Å²) in [5, 5.41) is 0. The van der Waals surface area contributed by atoms with Crippen LogP contribution in [0.5, 0.6) is 0 Å². The van der Waals surface area contributed by atoms with Crippen LogP contribution in [0.2, 0.25) is 0 Å². The van der Waals surface area contributed by atoms with Crippen LogP contribution in [-0.4, -0.2) is 37.2 Å². The Balaban J connectivity index is 4.28. The van der Waals surface area contributed by atoms with Gasteiger partial charge in [-0.25, -0.2) is 0 Å². The van der Waals surface area contributed by atoms with E-state index in [0.29, 0.717) is 19.3 Å². The van der Waals surface area contributed by atoms with Gasteiger partial charge in [0.2, 0.25) is 0 Å².